The number of carbonyl (C=O) groups excluding carboxylic acids is 1. The van der Waals surface area contributed by atoms with Crippen LogP contribution in [-0.4, -0.2) is 21.3 Å². The Morgan fingerprint density at radius 2 is 1.87 bits per heavy atom. The van der Waals surface area contributed by atoms with Crippen molar-refractivity contribution in [1.29, 1.82) is 0 Å². The lowest BCUT2D eigenvalue weighted by Gasteiger charge is -2.23. The van der Waals surface area contributed by atoms with Gasteiger partial charge in [-0.25, -0.2) is 4.98 Å². The van der Waals surface area contributed by atoms with Gasteiger partial charge in [0.15, 0.2) is 0 Å². The van der Waals surface area contributed by atoms with Crippen LogP contribution < -0.4 is 10.2 Å². The molecule has 1 saturated carbocycles. The number of hydrogen-bond acceptors (Lipinski definition) is 5. The van der Waals surface area contributed by atoms with Crippen LogP contribution in [0.25, 0.3) is 10.9 Å². The minimum absolute atomic E-state index is 0.163. The number of pyridine rings is 1. The van der Waals surface area contributed by atoms with E-state index in [-0.39, 0.29) is 11.3 Å². The second kappa shape index (κ2) is 9.87. The third kappa shape index (κ3) is 5.38. The van der Waals surface area contributed by atoms with Crippen LogP contribution in [-0.2, 0) is 16.3 Å². The number of aromatic nitrogens is 1. The molecule has 0 saturated heterocycles. The average molecular weight is 420 g/mol. The molecular formula is C24H26N3O4. The van der Waals surface area contributed by atoms with E-state index in [2.05, 4.69) is 10.5 Å². The summed E-state index contributed by atoms with van der Waals surface area (Å²) < 4.78 is 5.91. The van der Waals surface area contributed by atoms with Crippen molar-refractivity contribution >= 4 is 16.8 Å². The molecule has 1 aliphatic rings. The Morgan fingerprint density at radius 3 is 2.61 bits per heavy atom. The van der Waals surface area contributed by atoms with Gasteiger partial charge >= 0.3 is 0 Å². The summed E-state index contributed by atoms with van der Waals surface area (Å²) in [5.74, 6) is 0.422. The number of fused-ring (bicyclic) bond motifs is 1. The van der Waals surface area contributed by atoms with Crippen LogP contribution in [0.4, 0.5) is 0 Å². The van der Waals surface area contributed by atoms with Gasteiger partial charge in [-0.1, -0.05) is 59.9 Å². The van der Waals surface area contributed by atoms with Gasteiger partial charge in [-0.15, -0.1) is 4.94 Å². The van der Waals surface area contributed by atoms with Crippen molar-refractivity contribution < 1.29 is 19.7 Å². The van der Waals surface area contributed by atoms with Gasteiger partial charge in [-0.3, -0.25) is 10.0 Å². The van der Waals surface area contributed by atoms with Crippen LogP contribution in [0, 0.1) is 5.92 Å². The van der Waals surface area contributed by atoms with Crippen LogP contribution in [0.1, 0.15) is 49.9 Å². The maximum absolute atomic E-state index is 11.2. The summed E-state index contributed by atoms with van der Waals surface area (Å²) in [6, 6.07) is 19.5. The van der Waals surface area contributed by atoms with Crippen LogP contribution in [0.3, 0.4) is 0 Å². The van der Waals surface area contributed by atoms with Crippen LogP contribution in [0.15, 0.2) is 60.7 Å². The van der Waals surface area contributed by atoms with Crippen molar-refractivity contribution in [2.75, 3.05) is 0 Å². The maximum Gasteiger partial charge on any atom is 0.272 e. The van der Waals surface area contributed by atoms with E-state index < -0.39 is 5.91 Å². The first-order chi connectivity index (χ1) is 15.1. The molecule has 31 heavy (non-hydrogen) atoms. The lowest BCUT2D eigenvalue weighted by molar-refractivity contribution is -0.351. The first kappa shape index (κ1) is 21.2. The molecule has 1 amide bonds. The fourth-order valence-corrected chi connectivity index (χ4v) is 3.95. The molecule has 7 nitrogen and oxygen atoms in total. The van der Waals surface area contributed by atoms with E-state index in [4.69, 9.17) is 9.68 Å². The molecule has 0 aliphatic heterocycles. The highest BCUT2D eigenvalue weighted by atomic mass is 17.0. The zero-order valence-corrected chi connectivity index (χ0v) is 17.5. The predicted molar refractivity (Wildman–Crippen MR) is 115 cm³/mol. The van der Waals surface area contributed by atoms with Crippen LogP contribution in [0.2, 0.25) is 0 Å². The highest BCUT2D eigenvalue weighted by molar-refractivity contribution is 5.78. The van der Waals surface area contributed by atoms with Crippen molar-refractivity contribution in [2.45, 2.75) is 45.3 Å². The normalized spacial score (nSPS) is 15.2. The number of ether oxygens (including phenoxy) is 1. The summed E-state index contributed by atoms with van der Waals surface area (Å²) in [6.07, 6.45) is 4.36. The second-order valence-electron chi connectivity index (χ2n) is 7.82. The van der Waals surface area contributed by atoms with E-state index in [9.17, 15) is 10.0 Å². The largest absolute Gasteiger partial charge is 0.487 e. The Bertz CT molecular complexity index is 1020. The van der Waals surface area contributed by atoms with E-state index in [1.54, 1.807) is 0 Å². The van der Waals surface area contributed by atoms with Crippen molar-refractivity contribution in [3.05, 3.63) is 71.9 Å². The predicted octanol–water partition coefficient (Wildman–Crippen LogP) is 4.73. The van der Waals surface area contributed by atoms with E-state index in [0.29, 0.717) is 12.5 Å². The number of benzene rings is 2. The molecule has 0 bridgehead atoms. The minimum Gasteiger partial charge on any atom is -0.487 e. The van der Waals surface area contributed by atoms with Crippen molar-refractivity contribution in [3.63, 3.8) is 0 Å². The molecule has 4 rings (SSSR count). The quantitative estimate of drug-likeness (QED) is 0.420. The molecule has 0 spiro atoms. The van der Waals surface area contributed by atoms with Gasteiger partial charge < -0.3 is 4.74 Å². The third-order valence-electron chi connectivity index (χ3n) is 5.62. The Labute approximate surface area is 181 Å². The molecule has 7 heteroatoms. The summed E-state index contributed by atoms with van der Waals surface area (Å²) >= 11 is 0. The van der Waals surface area contributed by atoms with Gasteiger partial charge in [0.2, 0.25) is 0 Å². The zero-order valence-electron chi connectivity index (χ0n) is 17.5. The SMILES string of the molecule is CC(=O)N(O)O[N]C(c1ccc(OCc2ccc3ccccc3n2)cc1)C1CCCC1. The molecule has 1 heterocycles. The average Bonchev–Trinajstić information content (AvgIpc) is 3.33. The smallest absolute Gasteiger partial charge is 0.272 e. The standard InChI is InChI=1S/C24H26N3O4/c1-17(28)27(29)31-26-24(19-7-2-3-8-19)20-11-14-22(15-12-20)30-16-21-13-10-18-6-4-5-9-23(18)25-21/h4-6,9-15,19,24,29H,2-3,7-8,16H2,1H3. The molecule has 1 aliphatic carbocycles. The number of hydrogen-bond donors (Lipinski definition) is 1. The number of rotatable bonds is 8. The van der Waals surface area contributed by atoms with Crippen molar-refractivity contribution in [2.24, 2.45) is 5.92 Å². The lowest BCUT2D eigenvalue weighted by Crippen LogP contribution is -2.32. The zero-order chi connectivity index (χ0) is 21.6. The Balaban J connectivity index is 1.41. The molecule has 161 valence electrons. The number of para-hydroxylation sites is 1. The van der Waals surface area contributed by atoms with Gasteiger partial charge in [0.25, 0.3) is 5.91 Å². The second-order valence-corrected chi connectivity index (χ2v) is 7.82. The topological polar surface area (TPSA) is 86.0 Å². The minimum atomic E-state index is -0.625. The molecule has 1 unspecified atom stereocenters. The number of carbonyl (C=O) groups is 1. The molecule has 1 atom stereocenters. The van der Waals surface area contributed by atoms with Crippen molar-refractivity contribution in [1.82, 2.24) is 15.7 Å². The fraction of sp³-hybridized carbons (Fsp3) is 0.333. The number of amides is 1. The summed E-state index contributed by atoms with van der Waals surface area (Å²) in [5.41, 5.74) is 6.92. The van der Waals surface area contributed by atoms with Crippen LogP contribution >= 0.6 is 0 Å². The molecule has 1 radical (unpaired) electrons. The Hall–Kier alpha value is -3.00. The van der Waals surface area contributed by atoms with Gasteiger partial charge in [0.1, 0.15) is 12.4 Å². The van der Waals surface area contributed by atoms with E-state index >= 15 is 0 Å². The summed E-state index contributed by atoms with van der Waals surface area (Å²) in [7, 11) is 0. The lowest BCUT2D eigenvalue weighted by atomic mass is 9.92. The fourth-order valence-electron chi connectivity index (χ4n) is 3.95. The Morgan fingerprint density at radius 1 is 1.13 bits per heavy atom. The van der Waals surface area contributed by atoms with Gasteiger partial charge in [-0.05, 0) is 48.6 Å². The summed E-state index contributed by atoms with van der Waals surface area (Å²) in [6.45, 7) is 1.58. The van der Waals surface area contributed by atoms with Gasteiger partial charge in [0.05, 0.1) is 17.3 Å². The van der Waals surface area contributed by atoms with Gasteiger partial charge in [-0.2, -0.15) is 0 Å². The molecule has 1 N–H and O–H groups in total. The van der Waals surface area contributed by atoms with E-state index in [1.807, 2.05) is 60.7 Å². The summed E-state index contributed by atoms with van der Waals surface area (Å²) in [5, 5.41) is 10.8. The summed E-state index contributed by atoms with van der Waals surface area (Å²) in [4.78, 5) is 20.7. The molecule has 3 aromatic rings. The monoisotopic (exact) mass is 420 g/mol. The van der Waals surface area contributed by atoms with Gasteiger partial charge in [0, 0.05) is 12.3 Å². The Kier molecular flexibility index (Phi) is 6.76. The number of hydroxylamine groups is 3. The first-order valence-corrected chi connectivity index (χ1v) is 10.5. The van der Waals surface area contributed by atoms with Crippen molar-refractivity contribution in [3.8, 4) is 5.75 Å². The molecule has 1 fully saturated rings. The molecule has 2 aromatic carbocycles. The highest BCUT2D eigenvalue weighted by Crippen LogP contribution is 2.37. The molecular weight excluding hydrogens is 394 g/mol. The molecule has 1 aromatic heterocycles. The van der Waals surface area contributed by atoms with E-state index in [1.165, 1.54) is 6.92 Å². The maximum atomic E-state index is 11.2. The van der Waals surface area contributed by atoms with E-state index in [0.717, 1.165) is 53.6 Å². The third-order valence-corrected chi connectivity index (χ3v) is 5.62. The van der Waals surface area contributed by atoms with Crippen LogP contribution in [0.5, 0.6) is 5.75 Å². The number of nitrogens with zero attached hydrogens (tertiary/aromatic N) is 3. The first-order valence-electron chi connectivity index (χ1n) is 10.5. The highest BCUT2D eigenvalue weighted by Gasteiger charge is 2.29.